The van der Waals surface area contributed by atoms with Crippen LogP contribution in [0.25, 0.3) is 0 Å². The fourth-order valence-electron chi connectivity index (χ4n) is 4.23. The van der Waals surface area contributed by atoms with Crippen LogP contribution in [0.3, 0.4) is 0 Å². The van der Waals surface area contributed by atoms with Gasteiger partial charge in [0.1, 0.15) is 6.54 Å². The normalized spacial score (nSPS) is 12.5. The Bertz CT molecular complexity index is 485. The lowest BCUT2D eigenvalue weighted by Gasteiger charge is -2.39. The number of unbranched alkanes of at least 4 members (excludes halogenated alkanes) is 9. The molecule has 0 bridgehead atoms. The molecule has 0 heterocycles. The van der Waals surface area contributed by atoms with Crippen LogP contribution < -0.4 is 0 Å². The molecule has 0 spiro atoms. The van der Waals surface area contributed by atoms with Crippen LogP contribution in [0.15, 0.2) is 0 Å². The van der Waals surface area contributed by atoms with Crippen LogP contribution in [0.2, 0.25) is 0 Å². The van der Waals surface area contributed by atoms with Crippen LogP contribution in [0.4, 0.5) is 0 Å². The van der Waals surface area contributed by atoms with E-state index < -0.39 is 10.1 Å². The average Bonchev–Trinajstić information content (AvgIpc) is 2.75. The highest BCUT2D eigenvalue weighted by molar-refractivity contribution is 7.85. The second kappa shape index (κ2) is 21.3. The molecule has 0 saturated heterocycles. The van der Waals surface area contributed by atoms with Gasteiger partial charge in [-0.15, -0.1) is 0 Å². The molecule has 0 aliphatic heterocycles. The van der Waals surface area contributed by atoms with Gasteiger partial charge in [-0.3, -0.25) is 4.55 Å². The van der Waals surface area contributed by atoms with Gasteiger partial charge >= 0.3 is 0 Å². The Kier molecular flexibility index (Phi) is 21.2. The van der Waals surface area contributed by atoms with E-state index in [1.807, 2.05) is 0 Å². The van der Waals surface area contributed by atoms with Gasteiger partial charge in [-0.25, -0.2) is 0 Å². The highest BCUT2D eigenvalue weighted by atomic mass is 32.2. The Balaban J connectivity index is 4.84. The molecule has 0 aliphatic rings. The maximum absolute atomic E-state index is 11.1. The van der Waals surface area contributed by atoms with E-state index >= 15 is 0 Å². The Morgan fingerprint density at radius 3 is 1.50 bits per heavy atom. The van der Waals surface area contributed by atoms with E-state index in [0.717, 1.165) is 56.7 Å². The Labute approximate surface area is 199 Å². The SMILES string of the molecule is CCCCCCC[N+](CCCCCCC)(CCCCS(=O)(=O)O)CCOCCOCCC. The van der Waals surface area contributed by atoms with Crippen molar-refractivity contribution in [1.82, 2.24) is 0 Å². The lowest BCUT2D eigenvalue weighted by molar-refractivity contribution is -0.929. The van der Waals surface area contributed by atoms with Gasteiger partial charge in [-0.05, 0) is 44.9 Å². The summed E-state index contributed by atoms with van der Waals surface area (Å²) in [7, 11) is -3.87. The quantitative estimate of drug-likeness (QED) is 0.101. The zero-order chi connectivity index (χ0) is 24.0. The molecule has 194 valence electrons. The van der Waals surface area contributed by atoms with Crippen molar-refractivity contribution in [2.75, 3.05) is 58.4 Å². The van der Waals surface area contributed by atoms with E-state index in [4.69, 9.17) is 14.0 Å². The summed E-state index contributed by atoms with van der Waals surface area (Å²) >= 11 is 0. The first-order chi connectivity index (χ1) is 15.4. The third-order valence-corrected chi connectivity index (χ3v) is 6.99. The van der Waals surface area contributed by atoms with Crippen molar-refractivity contribution in [1.29, 1.82) is 0 Å². The zero-order valence-electron chi connectivity index (χ0n) is 21.5. The molecule has 0 unspecified atom stereocenters. The number of ether oxygens (including phenoxy) is 2. The topological polar surface area (TPSA) is 72.8 Å². The van der Waals surface area contributed by atoms with E-state index in [9.17, 15) is 8.42 Å². The lowest BCUT2D eigenvalue weighted by atomic mass is 10.1. The van der Waals surface area contributed by atoms with Crippen LogP contribution in [0, 0.1) is 0 Å². The molecular formula is C25H54NO5S+. The number of nitrogens with zero attached hydrogens (tertiary/aromatic N) is 1. The van der Waals surface area contributed by atoms with Crippen molar-refractivity contribution in [3.05, 3.63) is 0 Å². The Hall–Kier alpha value is -0.210. The van der Waals surface area contributed by atoms with Gasteiger partial charge in [0.25, 0.3) is 10.1 Å². The maximum atomic E-state index is 11.1. The summed E-state index contributed by atoms with van der Waals surface area (Å²) in [6.45, 7) is 13.6. The van der Waals surface area contributed by atoms with Gasteiger partial charge in [-0.1, -0.05) is 59.3 Å². The van der Waals surface area contributed by atoms with Gasteiger partial charge < -0.3 is 14.0 Å². The van der Waals surface area contributed by atoms with Gasteiger partial charge in [-0.2, -0.15) is 8.42 Å². The number of rotatable bonds is 25. The first kappa shape index (κ1) is 31.8. The summed E-state index contributed by atoms with van der Waals surface area (Å²) in [6, 6.07) is 0. The van der Waals surface area contributed by atoms with Crippen LogP contribution >= 0.6 is 0 Å². The number of hydrogen-bond donors (Lipinski definition) is 1. The summed E-state index contributed by atoms with van der Waals surface area (Å²) < 4.78 is 43.8. The summed E-state index contributed by atoms with van der Waals surface area (Å²) in [5.74, 6) is -0.134. The molecule has 7 heteroatoms. The predicted molar refractivity (Wildman–Crippen MR) is 135 cm³/mol. The number of quaternary nitrogens is 1. The van der Waals surface area contributed by atoms with Gasteiger partial charge in [0.05, 0.1) is 45.2 Å². The summed E-state index contributed by atoms with van der Waals surface area (Å²) in [5, 5.41) is 0. The third kappa shape index (κ3) is 20.4. The summed E-state index contributed by atoms with van der Waals surface area (Å²) in [4.78, 5) is 0. The number of hydrogen-bond acceptors (Lipinski definition) is 4. The Morgan fingerprint density at radius 2 is 1.03 bits per heavy atom. The molecule has 0 aromatic heterocycles. The van der Waals surface area contributed by atoms with Crippen molar-refractivity contribution < 1.29 is 26.9 Å². The molecule has 0 aliphatic carbocycles. The van der Waals surface area contributed by atoms with E-state index in [1.54, 1.807) is 0 Å². The van der Waals surface area contributed by atoms with Crippen LogP contribution in [-0.2, 0) is 19.6 Å². The first-order valence-corrected chi connectivity index (χ1v) is 15.0. The molecule has 6 nitrogen and oxygen atoms in total. The fourth-order valence-corrected chi connectivity index (χ4v) is 4.80. The monoisotopic (exact) mass is 480 g/mol. The van der Waals surface area contributed by atoms with Crippen molar-refractivity contribution in [2.45, 2.75) is 104 Å². The zero-order valence-corrected chi connectivity index (χ0v) is 22.3. The van der Waals surface area contributed by atoms with Crippen molar-refractivity contribution in [2.24, 2.45) is 0 Å². The van der Waals surface area contributed by atoms with Crippen molar-refractivity contribution in [3.63, 3.8) is 0 Å². The Morgan fingerprint density at radius 1 is 0.562 bits per heavy atom. The highest BCUT2D eigenvalue weighted by Gasteiger charge is 2.26. The van der Waals surface area contributed by atoms with Crippen LogP contribution in [-0.4, -0.2) is 75.8 Å². The van der Waals surface area contributed by atoms with Gasteiger partial charge in [0, 0.05) is 6.61 Å². The van der Waals surface area contributed by atoms with E-state index in [2.05, 4.69) is 20.8 Å². The first-order valence-electron chi connectivity index (χ1n) is 13.3. The molecule has 0 rings (SSSR count). The second-order valence-electron chi connectivity index (χ2n) is 9.28. The third-order valence-electron chi connectivity index (χ3n) is 6.19. The predicted octanol–water partition coefficient (Wildman–Crippen LogP) is 5.86. The molecule has 0 amide bonds. The van der Waals surface area contributed by atoms with E-state index in [-0.39, 0.29) is 5.75 Å². The maximum Gasteiger partial charge on any atom is 0.264 e. The molecule has 0 fully saturated rings. The van der Waals surface area contributed by atoms with E-state index in [1.165, 1.54) is 64.2 Å². The smallest absolute Gasteiger partial charge is 0.264 e. The minimum atomic E-state index is -3.87. The second-order valence-corrected chi connectivity index (χ2v) is 10.9. The molecule has 0 saturated carbocycles. The van der Waals surface area contributed by atoms with Gasteiger partial charge in [0.15, 0.2) is 0 Å². The fraction of sp³-hybridized carbons (Fsp3) is 1.00. The summed E-state index contributed by atoms with van der Waals surface area (Å²) in [5.41, 5.74) is 0. The molecule has 32 heavy (non-hydrogen) atoms. The standard InChI is InChI=1S/C25H53NO5S/c1-4-7-9-11-13-17-26(18-14-12-10-8-5-2,19-15-16-25-32(27,28)29)20-22-31-24-23-30-21-6-3/h4-25H2,1-3H3/p+1. The molecule has 0 atom stereocenters. The highest BCUT2D eigenvalue weighted by Crippen LogP contribution is 2.17. The summed E-state index contributed by atoms with van der Waals surface area (Å²) in [6.07, 6.45) is 15.0. The van der Waals surface area contributed by atoms with Gasteiger partial charge in [0.2, 0.25) is 0 Å². The van der Waals surface area contributed by atoms with Crippen LogP contribution in [0.5, 0.6) is 0 Å². The van der Waals surface area contributed by atoms with E-state index in [0.29, 0.717) is 19.6 Å². The average molecular weight is 481 g/mol. The molecule has 1 N–H and O–H groups in total. The van der Waals surface area contributed by atoms with Crippen LogP contribution in [0.1, 0.15) is 104 Å². The van der Waals surface area contributed by atoms with Crippen molar-refractivity contribution >= 4 is 10.1 Å². The lowest BCUT2D eigenvalue weighted by Crippen LogP contribution is -2.52. The molecule has 0 aromatic rings. The molecular weight excluding hydrogens is 426 g/mol. The minimum absolute atomic E-state index is 0.134. The molecule has 0 aromatic carbocycles. The minimum Gasteiger partial charge on any atom is -0.379 e. The molecule has 0 radical (unpaired) electrons. The largest absolute Gasteiger partial charge is 0.379 e. The van der Waals surface area contributed by atoms with Crippen molar-refractivity contribution in [3.8, 4) is 0 Å².